The number of nitrogens with two attached hydrogens (primary N) is 1. The highest BCUT2D eigenvalue weighted by atomic mass is 16.5. The van der Waals surface area contributed by atoms with E-state index in [1.807, 2.05) is 55.5 Å². The van der Waals surface area contributed by atoms with E-state index in [4.69, 9.17) is 15.2 Å². The van der Waals surface area contributed by atoms with E-state index in [9.17, 15) is 5.26 Å². The summed E-state index contributed by atoms with van der Waals surface area (Å²) in [4.78, 5) is 0. The Kier molecular flexibility index (Phi) is 3.78. The van der Waals surface area contributed by atoms with Gasteiger partial charge in [0.25, 0.3) is 0 Å². The number of nitriles is 1. The fraction of sp³-hybridized carbons (Fsp3) is 0.136. The van der Waals surface area contributed by atoms with E-state index in [0.29, 0.717) is 5.57 Å². The van der Waals surface area contributed by atoms with Crippen molar-refractivity contribution in [2.24, 2.45) is 5.73 Å². The molecule has 1 aliphatic rings. The molecule has 4 rings (SSSR count). The molecule has 4 heteroatoms. The summed E-state index contributed by atoms with van der Waals surface area (Å²) in [6, 6.07) is 20.3. The van der Waals surface area contributed by atoms with Crippen LogP contribution in [0.5, 0.6) is 11.5 Å². The number of fused-ring (bicyclic) bond motifs is 3. The van der Waals surface area contributed by atoms with Crippen LogP contribution in [0.2, 0.25) is 0 Å². The SMILES string of the molecule is COc1ccc([C@@H]2C(C#N)=C(N)Oc3c2ccc2ccccc32)cc1C. The molecule has 1 aliphatic heterocycles. The topological polar surface area (TPSA) is 68.3 Å². The fourth-order valence-electron chi connectivity index (χ4n) is 3.61. The summed E-state index contributed by atoms with van der Waals surface area (Å²) in [6.07, 6.45) is 0. The van der Waals surface area contributed by atoms with Crippen LogP contribution in [0.15, 0.2) is 66.1 Å². The van der Waals surface area contributed by atoms with Crippen molar-refractivity contribution in [1.82, 2.24) is 0 Å². The number of rotatable bonds is 2. The Bertz CT molecular complexity index is 1090. The first-order chi connectivity index (χ1) is 12.6. The maximum absolute atomic E-state index is 9.71. The fourth-order valence-corrected chi connectivity index (χ4v) is 3.61. The van der Waals surface area contributed by atoms with E-state index in [2.05, 4.69) is 12.1 Å². The quantitative estimate of drug-likeness (QED) is 0.750. The summed E-state index contributed by atoms with van der Waals surface area (Å²) < 4.78 is 11.2. The molecule has 2 N–H and O–H groups in total. The summed E-state index contributed by atoms with van der Waals surface area (Å²) >= 11 is 0. The number of hydrogen-bond acceptors (Lipinski definition) is 4. The van der Waals surface area contributed by atoms with Gasteiger partial charge in [-0.2, -0.15) is 5.26 Å². The Morgan fingerprint density at radius 1 is 1.12 bits per heavy atom. The van der Waals surface area contributed by atoms with Crippen molar-refractivity contribution in [2.45, 2.75) is 12.8 Å². The van der Waals surface area contributed by atoms with Crippen LogP contribution in [0.1, 0.15) is 22.6 Å². The lowest BCUT2D eigenvalue weighted by molar-refractivity contribution is 0.398. The van der Waals surface area contributed by atoms with Gasteiger partial charge >= 0.3 is 0 Å². The summed E-state index contributed by atoms with van der Waals surface area (Å²) in [5, 5.41) is 11.8. The van der Waals surface area contributed by atoms with E-state index >= 15 is 0 Å². The molecule has 3 aromatic rings. The molecule has 26 heavy (non-hydrogen) atoms. The average molecular weight is 342 g/mol. The first kappa shape index (κ1) is 16.0. The molecular weight excluding hydrogens is 324 g/mol. The molecule has 0 amide bonds. The van der Waals surface area contributed by atoms with Gasteiger partial charge in [0.1, 0.15) is 23.1 Å². The van der Waals surface area contributed by atoms with Crippen molar-refractivity contribution in [2.75, 3.05) is 7.11 Å². The van der Waals surface area contributed by atoms with Gasteiger partial charge in [0.2, 0.25) is 5.88 Å². The maximum Gasteiger partial charge on any atom is 0.205 e. The third-order valence-electron chi connectivity index (χ3n) is 4.86. The Hall–Kier alpha value is -3.45. The van der Waals surface area contributed by atoms with Crippen LogP contribution in [-0.4, -0.2) is 7.11 Å². The molecule has 3 aromatic carbocycles. The van der Waals surface area contributed by atoms with Gasteiger partial charge in [0, 0.05) is 10.9 Å². The molecule has 0 aliphatic carbocycles. The van der Waals surface area contributed by atoms with Crippen LogP contribution in [-0.2, 0) is 0 Å². The molecule has 0 saturated carbocycles. The van der Waals surface area contributed by atoms with Gasteiger partial charge in [-0.05, 0) is 29.5 Å². The molecule has 128 valence electrons. The third-order valence-corrected chi connectivity index (χ3v) is 4.86. The predicted octanol–water partition coefficient (Wildman–Crippen LogP) is 4.38. The van der Waals surface area contributed by atoms with Gasteiger partial charge in [-0.25, -0.2) is 0 Å². The van der Waals surface area contributed by atoms with Crippen LogP contribution in [0.25, 0.3) is 10.8 Å². The van der Waals surface area contributed by atoms with Crippen LogP contribution in [0, 0.1) is 18.3 Å². The lowest BCUT2D eigenvalue weighted by Crippen LogP contribution is -2.21. The predicted molar refractivity (Wildman–Crippen MR) is 101 cm³/mol. The summed E-state index contributed by atoms with van der Waals surface area (Å²) in [7, 11) is 1.65. The minimum absolute atomic E-state index is 0.162. The first-order valence-corrected chi connectivity index (χ1v) is 8.37. The number of allylic oxidation sites excluding steroid dienone is 1. The van der Waals surface area contributed by atoms with Crippen molar-refractivity contribution < 1.29 is 9.47 Å². The van der Waals surface area contributed by atoms with Crippen LogP contribution in [0.4, 0.5) is 0 Å². The second kappa shape index (κ2) is 6.12. The Morgan fingerprint density at radius 2 is 1.92 bits per heavy atom. The van der Waals surface area contributed by atoms with Crippen molar-refractivity contribution >= 4 is 10.8 Å². The molecular formula is C22H18N2O2. The van der Waals surface area contributed by atoms with E-state index < -0.39 is 0 Å². The molecule has 1 heterocycles. The monoisotopic (exact) mass is 342 g/mol. The summed E-state index contributed by atoms with van der Waals surface area (Å²) in [5.74, 6) is 1.43. The smallest absolute Gasteiger partial charge is 0.205 e. The zero-order valence-electron chi connectivity index (χ0n) is 14.6. The lowest BCUT2D eigenvalue weighted by atomic mass is 9.82. The second-order valence-corrected chi connectivity index (χ2v) is 6.36. The van der Waals surface area contributed by atoms with Crippen molar-refractivity contribution in [3.63, 3.8) is 0 Å². The second-order valence-electron chi connectivity index (χ2n) is 6.36. The molecule has 0 saturated heterocycles. The zero-order chi connectivity index (χ0) is 18.3. The van der Waals surface area contributed by atoms with Gasteiger partial charge in [-0.3, -0.25) is 0 Å². The van der Waals surface area contributed by atoms with Gasteiger partial charge in [0.05, 0.1) is 13.0 Å². The number of hydrogen-bond donors (Lipinski definition) is 1. The van der Waals surface area contributed by atoms with E-state index in [1.54, 1.807) is 7.11 Å². The van der Waals surface area contributed by atoms with Crippen molar-refractivity contribution in [1.29, 1.82) is 5.26 Å². The van der Waals surface area contributed by atoms with Crippen LogP contribution in [0.3, 0.4) is 0 Å². The molecule has 0 bridgehead atoms. The summed E-state index contributed by atoms with van der Waals surface area (Å²) in [5.41, 5.74) is 9.50. The van der Waals surface area contributed by atoms with E-state index in [-0.39, 0.29) is 11.8 Å². The lowest BCUT2D eigenvalue weighted by Gasteiger charge is -2.27. The molecule has 0 fully saturated rings. The molecule has 0 unspecified atom stereocenters. The van der Waals surface area contributed by atoms with Crippen molar-refractivity contribution in [3.8, 4) is 17.6 Å². The average Bonchev–Trinajstić information content (AvgIpc) is 2.66. The third kappa shape index (κ3) is 2.37. The van der Waals surface area contributed by atoms with Gasteiger partial charge in [-0.1, -0.05) is 48.5 Å². The number of methoxy groups -OCH3 is 1. The molecule has 1 atom stereocenters. The van der Waals surface area contributed by atoms with Gasteiger partial charge in [0.15, 0.2) is 0 Å². The minimum atomic E-state index is -0.266. The highest BCUT2D eigenvalue weighted by Crippen LogP contribution is 2.45. The standard InChI is InChI=1S/C22H18N2O2/c1-13-11-15(8-10-19(13)25-2)20-17-9-7-14-5-3-4-6-16(14)21(17)26-22(24)18(20)12-23/h3-11,20H,24H2,1-2H3/t20-/m0/s1. The van der Waals surface area contributed by atoms with Crippen molar-refractivity contribution in [3.05, 3.63) is 82.7 Å². The number of ether oxygens (including phenoxy) is 2. The maximum atomic E-state index is 9.71. The molecule has 0 radical (unpaired) electrons. The van der Waals surface area contributed by atoms with E-state index in [1.165, 1.54) is 0 Å². The Balaban J connectivity index is 1.98. The number of benzene rings is 3. The van der Waals surface area contributed by atoms with Crippen LogP contribution < -0.4 is 15.2 Å². The molecule has 4 nitrogen and oxygen atoms in total. The largest absolute Gasteiger partial charge is 0.496 e. The number of nitrogens with zero attached hydrogens (tertiary/aromatic N) is 1. The highest BCUT2D eigenvalue weighted by molar-refractivity contribution is 5.90. The minimum Gasteiger partial charge on any atom is -0.496 e. The van der Waals surface area contributed by atoms with Gasteiger partial charge in [-0.15, -0.1) is 0 Å². The first-order valence-electron chi connectivity index (χ1n) is 8.37. The summed E-state index contributed by atoms with van der Waals surface area (Å²) in [6.45, 7) is 1.99. The van der Waals surface area contributed by atoms with Crippen LogP contribution >= 0.6 is 0 Å². The Labute approximate surface area is 152 Å². The Morgan fingerprint density at radius 3 is 2.65 bits per heavy atom. The molecule has 0 aromatic heterocycles. The highest BCUT2D eigenvalue weighted by Gasteiger charge is 2.31. The molecule has 0 spiro atoms. The van der Waals surface area contributed by atoms with E-state index in [0.717, 1.165) is 39.0 Å². The number of aryl methyl sites for hydroxylation is 1. The normalized spacial score (nSPS) is 16.0. The van der Waals surface area contributed by atoms with Gasteiger partial charge < -0.3 is 15.2 Å². The zero-order valence-corrected chi connectivity index (χ0v) is 14.6.